The van der Waals surface area contributed by atoms with E-state index in [-0.39, 0.29) is 41.6 Å². The summed E-state index contributed by atoms with van der Waals surface area (Å²) in [5.41, 5.74) is 0.305. The van der Waals surface area contributed by atoms with Crippen LogP contribution in [0.2, 0.25) is 5.02 Å². The number of hydrogen-bond donors (Lipinski definition) is 1. The lowest BCUT2D eigenvalue weighted by atomic mass is 9.96. The van der Waals surface area contributed by atoms with Crippen molar-refractivity contribution in [2.75, 3.05) is 39.3 Å². The highest BCUT2D eigenvalue weighted by atomic mass is 35.5. The molecule has 3 rings (SSSR count). The lowest BCUT2D eigenvalue weighted by Crippen LogP contribution is -2.48. The summed E-state index contributed by atoms with van der Waals surface area (Å²) in [5, 5.41) is 9.89. The predicted molar refractivity (Wildman–Crippen MR) is 97.8 cm³/mol. The van der Waals surface area contributed by atoms with Gasteiger partial charge < -0.3 is 14.7 Å². The average molecular weight is 385 g/mol. The van der Waals surface area contributed by atoms with Crippen molar-refractivity contribution < 1.29 is 19.0 Å². The minimum atomic E-state index is -0.463. The fourth-order valence-corrected chi connectivity index (χ4v) is 4.36. The van der Waals surface area contributed by atoms with E-state index >= 15 is 0 Å². The summed E-state index contributed by atoms with van der Waals surface area (Å²) >= 11 is 6.04. The molecule has 144 valence electrons. The van der Waals surface area contributed by atoms with Crippen molar-refractivity contribution in [3.05, 3.63) is 34.6 Å². The highest BCUT2D eigenvalue weighted by Crippen LogP contribution is 2.28. The summed E-state index contributed by atoms with van der Waals surface area (Å²) in [6, 6.07) is 3.82. The number of halogens is 2. The monoisotopic (exact) mass is 384 g/mol. The minimum absolute atomic E-state index is 0.0339. The molecule has 0 aliphatic carbocycles. The minimum Gasteiger partial charge on any atom is -0.396 e. The van der Waals surface area contributed by atoms with E-state index < -0.39 is 5.82 Å². The van der Waals surface area contributed by atoms with Crippen molar-refractivity contribution in [2.24, 2.45) is 11.8 Å². The molecule has 0 radical (unpaired) electrons. The van der Waals surface area contributed by atoms with Gasteiger partial charge in [0.1, 0.15) is 5.82 Å². The van der Waals surface area contributed by atoms with E-state index in [1.54, 1.807) is 4.90 Å². The second-order valence-electron chi connectivity index (χ2n) is 7.51. The van der Waals surface area contributed by atoms with E-state index in [2.05, 4.69) is 18.7 Å². The number of nitrogens with zero attached hydrogens (tertiary/aromatic N) is 2. The van der Waals surface area contributed by atoms with E-state index in [1.165, 1.54) is 12.1 Å². The molecule has 2 aliphatic heterocycles. The molecule has 1 aromatic rings. The Kier molecular flexibility index (Phi) is 6.17. The van der Waals surface area contributed by atoms with Gasteiger partial charge in [-0.2, -0.15) is 0 Å². The molecule has 2 heterocycles. The molecule has 2 fully saturated rings. The van der Waals surface area contributed by atoms with Gasteiger partial charge in [-0.25, -0.2) is 4.39 Å². The number of ether oxygens (including phenoxy) is 1. The van der Waals surface area contributed by atoms with Crippen LogP contribution in [0.15, 0.2) is 18.2 Å². The maximum atomic E-state index is 13.2. The molecule has 4 atom stereocenters. The fraction of sp³-hybridized carbons (Fsp3) is 0.632. The number of aliphatic hydroxyl groups is 1. The maximum Gasteiger partial charge on any atom is 0.255 e. The number of rotatable bonds is 4. The number of amides is 1. The van der Waals surface area contributed by atoms with E-state index in [0.29, 0.717) is 18.7 Å². The average Bonchev–Trinajstić information content (AvgIpc) is 2.96. The van der Waals surface area contributed by atoms with Gasteiger partial charge in [0, 0.05) is 45.2 Å². The molecule has 1 amide bonds. The van der Waals surface area contributed by atoms with Crippen molar-refractivity contribution in [3.8, 4) is 0 Å². The first kappa shape index (κ1) is 19.5. The SMILES string of the molecule is C[C@@H]1CN(C[C@@H]2CN(C(=O)c3ccc(F)cc3Cl)C[C@@H]2CO)C[C@H](C)O1. The molecule has 7 heteroatoms. The molecule has 0 spiro atoms. The second kappa shape index (κ2) is 8.21. The molecule has 1 N–H and O–H groups in total. The molecule has 0 unspecified atom stereocenters. The Morgan fingerprint density at radius 1 is 1.23 bits per heavy atom. The molecule has 0 bridgehead atoms. The van der Waals surface area contributed by atoms with Gasteiger partial charge in [-0.15, -0.1) is 0 Å². The molecule has 5 nitrogen and oxygen atoms in total. The van der Waals surface area contributed by atoms with Gasteiger partial charge >= 0.3 is 0 Å². The Morgan fingerprint density at radius 3 is 2.50 bits per heavy atom. The van der Waals surface area contributed by atoms with Crippen LogP contribution in [0, 0.1) is 17.7 Å². The second-order valence-corrected chi connectivity index (χ2v) is 7.92. The molecular weight excluding hydrogens is 359 g/mol. The van der Waals surface area contributed by atoms with Crippen LogP contribution in [0.4, 0.5) is 4.39 Å². The van der Waals surface area contributed by atoms with Crippen LogP contribution in [0.25, 0.3) is 0 Å². The smallest absolute Gasteiger partial charge is 0.255 e. The molecule has 0 aromatic heterocycles. The first-order valence-electron chi connectivity index (χ1n) is 9.10. The van der Waals surface area contributed by atoms with Crippen molar-refractivity contribution in [1.82, 2.24) is 9.80 Å². The Balaban J connectivity index is 1.67. The van der Waals surface area contributed by atoms with E-state index in [0.717, 1.165) is 25.7 Å². The highest BCUT2D eigenvalue weighted by Gasteiger charge is 2.37. The normalized spacial score (nSPS) is 30.0. The Labute approximate surface area is 158 Å². The summed E-state index contributed by atoms with van der Waals surface area (Å²) in [4.78, 5) is 16.9. The number of hydrogen-bond acceptors (Lipinski definition) is 4. The topological polar surface area (TPSA) is 53.0 Å². The number of carbonyl (C=O) groups is 1. The predicted octanol–water partition coefficient (Wildman–Crippen LogP) is 2.27. The molecule has 1 aromatic carbocycles. The fourth-order valence-electron chi connectivity index (χ4n) is 4.12. The largest absolute Gasteiger partial charge is 0.396 e. The maximum absolute atomic E-state index is 13.2. The van der Waals surface area contributed by atoms with Gasteiger partial charge in [-0.05, 0) is 38.0 Å². The van der Waals surface area contributed by atoms with Crippen LogP contribution in [0.3, 0.4) is 0 Å². The van der Waals surface area contributed by atoms with Gasteiger partial charge in [0.05, 0.1) is 22.8 Å². The van der Waals surface area contributed by atoms with E-state index in [4.69, 9.17) is 16.3 Å². The van der Waals surface area contributed by atoms with Gasteiger partial charge in [-0.3, -0.25) is 9.69 Å². The van der Waals surface area contributed by atoms with Crippen molar-refractivity contribution >= 4 is 17.5 Å². The lowest BCUT2D eigenvalue weighted by Gasteiger charge is -2.37. The van der Waals surface area contributed by atoms with Crippen LogP contribution < -0.4 is 0 Å². The third kappa shape index (κ3) is 4.36. The van der Waals surface area contributed by atoms with Crippen LogP contribution in [-0.4, -0.2) is 72.4 Å². The highest BCUT2D eigenvalue weighted by molar-refractivity contribution is 6.33. The van der Waals surface area contributed by atoms with Crippen molar-refractivity contribution in [2.45, 2.75) is 26.1 Å². The van der Waals surface area contributed by atoms with Crippen LogP contribution in [-0.2, 0) is 4.74 Å². The Bertz CT molecular complexity index is 650. The van der Waals surface area contributed by atoms with Crippen LogP contribution in [0.1, 0.15) is 24.2 Å². The first-order valence-corrected chi connectivity index (χ1v) is 9.48. The summed E-state index contributed by atoms with van der Waals surface area (Å²) in [6.07, 6.45) is 0.368. The molecule has 26 heavy (non-hydrogen) atoms. The van der Waals surface area contributed by atoms with E-state index in [9.17, 15) is 14.3 Å². The molecular formula is C19H26ClFN2O3. The van der Waals surface area contributed by atoms with Gasteiger partial charge in [0.2, 0.25) is 0 Å². The van der Waals surface area contributed by atoms with Crippen LogP contribution >= 0.6 is 11.6 Å². The lowest BCUT2D eigenvalue weighted by molar-refractivity contribution is -0.0726. The number of carbonyl (C=O) groups excluding carboxylic acids is 1. The summed E-state index contributed by atoms with van der Waals surface area (Å²) in [7, 11) is 0. The summed E-state index contributed by atoms with van der Waals surface area (Å²) < 4.78 is 19.0. The molecule has 0 saturated carbocycles. The number of aliphatic hydroxyl groups excluding tert-OH is 1. The Hall–Kier alpha value is -1.21. The first-order chi connectivity index (χ1) is 12.4. The molecule has 2 aliphatic rings. The number of benzene rings is 1. The summed E-state index contributed by atoms with van der Waals surface area (Å²) in [6.45, 7) is 7.76. The number of morpholine rings is 1. The van der Waals surface area contributed by atoms with Gasteiger partial charge in [0.15, 0.2) is 0 Å². The quantitative estimate of drug-likeness (QED) is 0.865. The third-order valence-corrected chi connectivity index (χ3v) is 5.56. The van der Waals surface area contributed by atoms with Crippen molar-refractivity contribution in [1.29, 1.82) is 0 Å². The number of likely N-dealkylation sites (tertiary alicyclic amines) is 1. The standard InChI is InChI=1S/C19H26ClFN2O3/c1-12-6-22(7-13(2)26-12)8-14-9-23(10-15(14)11-24)19(25)17-4-3-16(21)5-18(17)20/h3-5,12-15,24H,6-11H2,1-2H3/t12-,13+,14-,15-/m1/s1. The zero-order valence-corrected chi connectivity index (χ0v) is 16.0. The van der Waals surface area contributed by atoms with E-state index in [1.807, 2.05) is 0 Å². The van der Waals surface area contributed by atoms with Crippen LogP contribution in [0.5, 0.6) is 0 Å². The Morgan fingerprint density at radius 2 is 1.88 bits per heavy atom. The zero-order chi connectivity index (χ0) is 18.8. The van der Waals surface area contributed by atoms with Crippen molar-refractivity contribution in [3.63, 3.8) is 0 Å². The molecule has 2 saturated heterocycles. The third-order valence-electron chi connectivity index (χ3n) is 5.25. The summed E-state index contributed by atoms with van der Waals surface area (Å²) in [5.74, 6) is -0.443. The van der Waals surface area contributed by atoms with Gasteiger partial charge in [0.25, 0.3) is 5.91 Å². The zero-order valence-electron chi connectivity index (χ0n) is 15.2. The van der Waals surface area contributed by atoms with Gasteiger partial charge in [-0.1, -0.05) is 11.6 Å².